The van der Waals surface area contributed by atoms with Crippen molar-refractivity contribution in [1.82, 2.24) is 15.2 Å². The molecule has 25 heavy (non-hydrogen) atoms. The van der Waals surface area contributed by atoms with Crippen molar-refractivity contribution in [3.05, 3.63) is 51.5 Å². The standard InChI is InChI=1S/C18H21N3O2S2/c1-3-16-20-13(9-25-16)8-19-17(22)15-10-24-11-21(15)18(23)14-7-5-4-6-12(14)2/h4-7,9,15H,3,8,10-11H2,1-2H3,(H,19,22). The first-order chi connectivity index (χ1) is 12.1. The minimum absolute atomic E-state index is 0.0785. The van der Waals surface area contributed by atoms with Crippen molar-refractivity contribution in [3.63, 3.8) is 0 Å². The van der Waals surface area contributed by atoms with Gasteiger partial charge in [-0.15, -0.1) is 23.1 Å². The van der Waals surface area contributed by atoms with Crippen LogP contribution in [-0.4, -0.2) is 39.4 Å². The van der Waals surface area contributed by atoms with Gasteiger partial charge >= 0.3 is 0 Å². The molecule has 1 aliphatic heterocycles. The van der Waals surface area contributed by atoms with Crippen LogP contribution in [0.3, 0.4) is 0 Å². The van der Waals surface area contributed by atoms with E-state index in [1.165, 1.54) is 0 Å². The first-order valence-corrected chi connectivity index (χ1v) is 10.3. The smallest absolute Gasteiger partial charge is 0.255 e. The van der Waals surface area contributed by atoms with Crippen molar-refractivity contribution in [2.45, 2.75) is 32.9 Å². The summed E-state index contributed by atoms with van der Waals surface area (Å²) in [4.78, 5) is 31.5. The van der Waals surface area contributed by atoms with E-state index >= 15 is 0 Å². The molecule has 2 heterocycles. The van der Waals surface area contributed by atoms with E-state index in [-0.39, 0.29) is 11.8 Å². The molecule has 0 aliphatic carbocycles. The fourth-order valence-electron chi connectivity index (χ4n) is 2.72. The number of nitrogens with one attached hydrogen (secondary N) is 1. The molecule has 0 bridgehead atoms. The SMILES string of the molecule is CCc1nc(CNC(=O)C2CSCN2C(=O)c2ccccc2C)cs1. The number of benzene rings is 1. The lowest BCUT2D eigenvalue weighted by Gasteiger charge is -2.23. The molecular weight excluding hydrogens is 354 g/mol. The summed E-state index contributed by atoms with van der Waals surface area (Å²) >= 11 is 3.21. The first kappa shape index (κ1) is 17.9. The zero-order chi connectivity index (χ0) is 17.8. The van der Waals surface area contributed by atoms with E-state index in [1.807, 2.05) is 36.6 Å². The maximum absolute atomic E-state index is 12.8. The van der Waals surface area contributed by atoms with E-state index in [0.29, 0.717) is 23.7 Å². The van der Waals surface area contributed by atoms with E-state index < -0.39 is 6.04 Å². The van der Waals surface area contributed by atoms with Crippen LogP contribution in [-0.2, 0) is 17.8 Å². The second-order valence-corrected chi connectivity index (χ2v) is 7.85. The summed E-state index contributed by atoms with van der Waals surface area (Å²) in [6, 6.07) is 7.07. The highest BCUT2D eigenvalue weighted by molar-refractivity contribution is 7.99. The van der Waals surface area contributed by atoms with Crippen molar-refractivity contribution < 1.29 is 9.59 Å². The second-order valence-electron chi connectivity index (χ2n) is 5.91. The van der Waals surface area contributed by atoms with Crippen LogP contribution in [0.25, 0.3) is 0 Å². The molecule has 132 valence electrons. The Morgan fingerprint density at radius 1 is 1.36 bits per heavy atom. The number of rotatable bonds is 5. The number of hydrogen-bond donors (Lipinski definition) is 1. The van der Waals surface area contributed by atoms with Crippen molar-refractivity contribution in [2.24, 2.45) is 0 Å². The van der Waals surface area contributed by atoms with Crippen LogP contribution in [0.2, 0.25) is 0 Å². The van der Waals surface area contributed by atoms with Crippen LogP contribution >= 0.6 is 23.1 Å². The Labute approximate surface area is 155 Å². The van der Waals surface area contributed by atoms with E-state index in [9.17, 15) is 9.59 Å². The number of thiazole rings is 1. The summed E-state index contributed by atoms with van der Waals surface area (Å²) in [6.45, 7) is 4.38. The molecule has 0 radical (unpaired) electrons. The molecule has 1 aliphatic rings. The van der Waals surface area contributed by atoms with Gasteiger partial charge < -0.3 is 10.2 Å². The molecule has 1 saturated heterocycles. The summed E-state index contributed by atoms with van der Waals surface area (Å²) < 4.78 is 0. The Balaban J connectivity index is 1.65. The fraction of sp³-hybridized carbons (Fsp3) is 0.389. The number of hydrogen-bond acceptors (Lipinski definition) is 5. The number of amides is 2. The molecule has 1 fully saturated rings. The summed E-state index contributed by atoms with van der Waals surface area (Å²) in [5, 5.41) is 5.96. The monoisotopic (exact) mass is 375 g/mol. The maximum atomic E-state index is 12.8. The van der Waals surface area contributed by atoms with Gasteiger partial charge in [0.2, 0.25) is 5.91 Å². The molecule has 1 atom stereocenters. The Morgan fingerprint density at radius 3 is 2.88 bits per heavy atom. The third-order valence-corrected chi connectivity index (χ3v) is 6.22. The molecule has 1 aromatic carbocycles. The average Bonchev–Trinajstić information content (AvgIpc) is 3.28. The zero-order valence-corrected chi connectivity index (χ0v) is 16.0. The summed E-state index contributed by atoms with van der Waals surface area (Å²) in [6.07, 6.45) is 0.899. The van der Waals surface area contributed by atoms with Crippen LogP contribution in [0.15, 0.2) is 29.6 Å². The Bertz CT molecular complexity index is 775. The zero-order valence-electron chi connectivity index (χ0n) is 14.3. The molecule has 0 saturated carbocycles. The average molecular weight is 376 g/mol. The minimum atomic E-state index is -0.429. The van der Waals surface area contributed by atoms with Crippen molar-refractivity contribution >= 4 is 34.9 Å². The summed E-state index contributed by atoms with van der Waals surface area (Å²) in [7, 11) is 0. The lowest BCUT2D eigenvalue weighted by Crippen LogP contribution is -2.47. The highest BCUT2D eigenvalue weighted by Gasteiger charge is 2.35. The number of thioether (sulfide) groups is 1. The Hall–Kier alpha value is -1.86. The van der Waals surface area contributed by atoms with E-state index in [2.05, 4.69) is 17.2 Å². The van der Waals surface area contributed by atoms with E-state index in [0.717, 1.165) is 22.7 Å². The quantitative estimate of drug-likeness (QED) is 0.873. The number of aryl methyl sites for hydroxylation is 2. The van der Waals surface area contributed by atoms with E-state index in [1.54, 1.807) is 28.0 Å². The Kier molecular flexibility index (Phi) is 5.75. The molecule has 2 aromatic rings. The second kappa shape index (κ2) is 8.01. The van der Waals surface area contributed by atoms with Gasteiger partial charge in [-0.25, -0.2) is 4.98 Å². The summed E-state index contributed by atoms with van der Waals surface area (Å²) in [5.74, 6) is 0.978. The largest absolute Gasteiger partial charge is 0.349 e. The predicted octanol–water partition coefficient (Wildman–Crippen LogP) is 2.85. The molecule has 0 spiro atoms. The molecule has 1 aromatic heterocycles. The van der Waals surface area contributed by atoms with Crippen LogP contribution in [0.4, 0.5) is 0 Å². The lowest BCUT2D eigenvalue weighted by atomic mass is 10.1. The molecule has 2 amide bonds. The lowest BCUT2D eigenvalue weighted by molar-refractivity contribution is -0.124. The van der Waals surface area contributed by atoms with E-state index in [4.69, 9.17) is 0 Å². The number of aromatic nitrogens is 1. The van der Waals surface area contributed by atoms with Gasteiger partial charge in [0.15, 0.2) is 0 Å². The molecule has 1 unspecified atom stereocenters. The van der Waals surface area contributed by atoms with Gasteiger partial charge in [-0.3, -0.25) is 9.59 Å². The van der Waals surface area contributed by atoms with Crippen molar-refractivity contribution in [2.75, 3.05) is 11.6 Å². The van der Waals surface area contributed by atoms with Gasteiger partial charge in [0.25, 0.3) is 5.91 Å². The molecule has 3 rings (SSSR count). The molecule has 1 N–H and O–H groups in total. The molecule has 7 heteroatoms. The van der Waals surface area contributed by atoms with Crippen LogP contribution in [0.5, 0.6) is 0 Å². The number of carbonyl (C=O) groups excluding carboxylic acids is 2. The first-order valence-electron chi connectivity index (χ1n) is 8.25. The third-order valence-electron chi connectivity index (χ3n) is 4.17. The topological polar surface area (TPSA) is 62.3 Å². The minimum Gasteiger partial charge on any atom is -0.349 e. The third kappa shape index (κ3) is 4.04. The number of nitrogens with zero attached hydrogens (tertiary/aromatic N) is 2. The van der Waals surface area contributed by atoms with Gasteiger partial charge in [-0.05, 0) is 25.0 Å². The normalized spacial score (nSPS) is 16.9. The van der Waals surface area contributed by atoms with Crippen LogP contribution < -0.4 is 5.32 Å². The Morgan fingerprint density at radius 2 is 2.16 bits per heavy atom. The number of carbonyl (C=O) groups is 2. The van der Waals surface area contributed by atoms with Gasteiger partial charge in [0, 0.05) is 16.7 Å². The predicted molar refractivity (Wildman–Crippen MR) is 102 cm³/mol. The van der Waals surface area contributed by atoms with Gasteiger partial charge in [0.05, 0.1) is 23.1 Å². The maximum Gasteiger partial charge on any atom is 0.255 e. The summed E-state index contributed by atoms with van der Waals surface area (Å²) in [5.41, 5.74) is 2.46. The van der Waals surface area contributed by atoms with Gasteiger partial charge in [0.1, 0.15) is 6.04 Å². The van der Waals surface area contributed by atoms with Crippen LogP contribution in [0, 0.1) is 6.92 Å². The molecule has 5 nitrogen and oxygen atoms in total. The van der Waals surface area contributed by atoms with Crippen molar-refractivity contribution in [3.8, 4) is 0 Å². The van der Waals surface area contributed by atoms with Crippen molar-refractivity contribution in [1.29, 1.82) is 0 Å². The van der Waals surface area contributed by atoms with Gasteiger partial charge in [-0.2, -0.15) is 0 Å². The molecular formula is C18H21N3O2S2. The highest BCUT2D eigenvalue weighted by Crippen LogP contribution is 2.24. The van der Waals surface area contributed by atoms with Gasteiger partial charge in [-0.1, -0.05) is 25.1 Å². The van der Waals surface area contributed by atoms with Crippen LogP contribution in [0.1, 0.15) is 33.5 Å². The highest BCUT2D eigenvalue weighted by atomic mass is 32.2. The fourth-order valence-corrected chi connectivity index (χ4v) is 4.61.